The zero-order valence-electron chi connectivity index (χ0n) is 6.51. The van der Waals surface area contributed by atoms with E-state index in [-0.39, 0.29) is 11.3 Å². The summed E-state index contributed by atoms with van der Waals surface area (Å²) in [5.41, 5.74) is 13.8. The van der Waals surface area contributed by atoms with Gasteiger partial charge in [0.15, 0.2) is 0 Å². The lowest BCUT2D eigenvalue weighted by Crippen LogP contribution is -1.97. The first-order chi connectivity index (χ1) is 6.15. The molecule has 0 radical (unpaired) electrons. The smallest absolute Gasteiger partial charge is 0.336 e. The molecule has 6 heteroatoms. The highest BCUT2D eigenvalue weighted by Crippen LogP contribution is 2.22. The number of aromatic carboxylic acids is 1. The van der Waals surface area contributed by atoms with Crippen molar-refractivity contribution in [2.24, 2.45) is 5.11 Å². The van der Waals surface area contributed by atoms with E-state index in [9.17, 15) is 4.79 Å². The molecule has 0 saturated heterocycles. The van der Waals surface area contributed by atoms with Crippen molar-refractivity contribution in [1.82, 2.24) is 0 Å². The number of anilines is 1. The molecule has 13 heavy (non-hydrogen) atoms. The zero-order chi connectivity index (χ0) is 9.84. The average molecular weight is 178 g/mol. The highest BCUT2D eigenvalue weighted by Gasteiger charge is 2.07. The van der Waals surface area contributed by atoms with E-state index in [1.165, 1.54) is 18.2 Å². The molecule has 0 aromatic heterocycles. The number of hydrogen-bond acceptors (Lipinski definition) is 3. The lowest BCUT2D eigenvalue weighted by Gasteiger charge is -1.99. The number of nitrogen functional groups attached to an aromatic ring is 1. The second-order valence-electron chi connectivity index (χ2n) is 2.27. The first kappa shape index (κ1) is 8.89. The van der Waals surface area contributed by atoms with Crippen molar-refractivity contribution in [3.63, 3.8) is 0 Å². The predicted molar refractivity (Wildman–Crippen MR) is 46.6 cm³/mol. The minimum atomic E-state index is -1.15. The fraction of sp³-hybridized carbons (Fsp3) is 0. The molecule has 1 aromatic rings. The molecule has 0 atom stereocenters. The van der Waals surface area contributed by atoms with Crippen LogP contribution < -0.4 is 5.73 Å². The Kier molecular flexibility index (Phi) is 2.37. The van der Waals surface area contributed by atoms with Crippen LogP contribution in [0.1, 0.15) is 10.4 Å². The van der Waals surface area contributed by atoms with Crippen molar-refractivity contribution in [3.8, 4) is 0 Å². The average Bonchev–Trinajstić information content (AvgIpc) is 2.04. The van der Waals surface area contributed by atoms with Crippen LogP contribution >= 0.6 is 0 Å². The molecule has 0 unspecified atom stereocenters. The fourth-order valence-corrected chi connectivity index (χ4v) is 0.860. The monoisotopic (exact) mass is 178 g/mol. The summed E-state index contributed by atoms with van der Waals surface area (Å²) >= 11 is 0. The molecule has 0 heterocycles. The van der Waals surface area contributed by atoms with E-state index in [0.717, 1.165) is 0 Å². The Morgan fingerprint density at radius 3 is 2.85 bits per heavy atom. The number of carboxylic acids is 1. The summed E-state index contributed by atoms with van der Waals surface area (Å²) in [5, 5.41) is 11.9. The van der Waals surface area contributed by atoms with Gasteiger partial charge in [-0.25, -0.2) is 4.79 Å². The van der Waals surface area contributed by atoms with Crippen LogP contribution in [0.3, 0.4) is 0 Å². The highest BCUT2D eigenvalue weighted by atomic mass is 16.4. The van der Waals surface area contributed by atoms with Crippen LogP contribution in [0.15, 0.2) is 23.3 Å². The van der Waals surface area contributed by atoms with Gasteiger partial charge in [-0.3, -0.25) is 0 Å². The quantitative estimate of drug-likeness (QED) is 0.312. The van der Waals surface area contributed by atoms with Crippen molar-refractivity contribution in [1.29, 1.82) is 0 Å². The van der Waals surface area contributed by atoms with Gasteiger partial charge in [0, 0.05) is 10.6 Å². The fourth-order valence-electron chi connectivity index (χ4n) is 0.860. The normalized spacial score (nSPS) is 8.92. The Bertz CT molecular complexity index is 395. The van der Waals surface area contributed by atoms with Crippen LogP contribution in [0.4, 0.5) is 11.4 Å². The van der Waals surface area contributed by atoms with E-state index in [1.54, 1.807) is 0 Å². The molecule has 0 bridgehead atoms. The Morgan fingerprint density at radius 1 is 1.62 bits per heavy atom. The van der Waals surface area contributed by atoms with E-state index in [4.69, 9.17) is 16.4 Å². The minimum Gasteiger partial charge on any atom is -0.478 e. The molecule has 0 fully saturated rings. The van der Waals surface area contributed by atoms with Crippen LogP contribution in [0.25, 0.3) is 10.4 Å². The summed E-state index contributed by atoms with van der Waals surface area (Å²) in [7, 11) is 0. The van der Waals surface area contributed by atoms with Crippen molar-refractivity contribution in [3.05, 3.63) is 34.2 Å². The van der Waals surface area contributed by atoms with E-state index in [0.29, 0.717) is 5.69 Å². The summed E-state index contributed by atoms with van der Waals surface area (Å²) in [6, 6.07) is 4.03. The molecule has 6 nitrogen and oxygen atoms in total. The molecular weight excluding hydrogens is 172 g/mol. The van der Waals surface area contributed by atoms with E-state index >= 15 is 0 Å². The van der Waals surface area contributed by atoms with Crippen molar-refractivity contribution in [2.75, 3.05) is 5.73 Å². The van der Waals surface area contributed by atoms with E-state index in [2.05, 4.69) is 10.0 Å². The van der Waals surface area contributed by atoms with Gasteiger partial charge in [0.1, 0.15) is 0 Å². The van der Waals surface area contributed by atoms with Gasteiger partial charge in [-0.1, -0.05) is 5.11 Å². The maximum absolute atomic E-state index is 10.6. The summed E-state index contributed by atoms with van der Waals surface area (Å²) < 4.78 is 0. The maximum atomic E-state index is 10.6. The zero-order valence-corrected chi connectivity index (χ0v) is 6.51. The minimum absolute atomic E-state index is 0.0231. The third-order valence-corrected chi connectivity index (χ3v) is 1.40. The third-order valence-electron chi connectivity index (χ3n) is 1.40. The number of azide groups is 1. The number of hydrogen-bond donors (Lipinski definition) is 2. The lowest BCUT2D eigenvalue weighted by atomic mass is 10.1. The molecule has 0 aliphatic rings. The highest BCUT2D eigenvalue weighted by molar-refractivity contribution is 5.94. The van der Waals surface area contributed by atoms with E-state index < -0.39 is 5.97 Å². The molecule has 0 amide bonds. The molecule has 0 spiro atoms. The largest absolute Gasteiger partial charge is 0.478 e. The molecule has 1 rings (SSSR count). The summed E-state index contributed by atoms with van der Waals surface area (Å²) in [6.45, 7) is 0. The number of nitrogens with zero attached hydrogens (tertiary/aromatic N) is 3. The Morgan fingerprint density at radius 2 is 2.31 bits per heavy atom. The van der Waals surface area contributed by atoms with Crippen LogP contribution in [-0.4, -0.2) is 11.1 Å². The number of rotatable bonds is 2. The van der Waals surface area contributed by atoms with Gasteiger partial charge in [-0.15, -0.1) is 0 Å². The summed E-state index contributed by atoms with van der Waals surface area (Å²) in [5.74, 6) is -1.15. The van der Waals surface area contributed by atoms with Crippen molar-refractivity contribution >= 4 is 17.3 Å². The number of nitrogens with two attached hydrogens (primary N) is 1. The van der Waals surface area contributed by atoms with Gasteiger partial charge in [0.05, 0.1) is 11.3 Å². The Labute approximate surface area is 73.2 Å². The number of carbonyl (C=O) groups is 1. The molecule has 1 aromatic carbocycles. The second-order valence-corrected chi connectivity index (χ2v) is 2.27. The van der Waals surface area contributed by atoms with Gasteiger partial charge in [-0.2, -0.15) is 0 Å². The standard InChI is InChI=1S/C7H6N4O2/c8-4-1-2-5(7(12)13)6(3-4)10-11-9/h1-3H,8H2,(H,12,13). The van der Waals surface area contributed by atoms with Crippen LogP contribution in [0, 0.1) is 0 Å². The van der Waals surface area contributed by atoms with Gasteiger partial charge >= 0.3 is 5.97 Å². The summed E-state index contributed by atoms with van der Waals surface area (Å²) in [4.78, 5) is 13.1. The number of benzene rings is 1. The van der Waals surface area contributed by atoms with Crippen molar-refractivity contribution < 1.29 is 9.90 Å². The summed E-state index contributed by atoms with van der Waals surface area (Å²) in [6.07, 6.45) is 0. The van der Waals surface area contributed by atoms with Crippen LogP contribution in [0.5, 0.6) is 0 Å². The van der Waals surface area contributed by atoms with Gasteiger partial charge in [0.2, 0.25) is 0 Å². The molecule has 0 aliphatic heterocycles. The predicted octanol–water partition coefficient (Wildman–Crippen LogP) is 1.91. The molecule has 66 valence electrons. The SMILES string of the molecule is [N-]=[N+]=Nc1cc(N)ccc1C(=O)O. The second kappa shape index (κ2) is 3.46. The van der Waals surface area contributed by atoms with Crippen molar-refractivity contribution in [2.45, 2.75) is 0 Å². The topological polar surface area (TPSA) is 112 Å². The van der Waals surface area contributed by atoms with Gasteiger partial charge < -0.3 is 10.8 Å². The first-order valence-corrected chi connectivity index (χ1v) is 3.33. The van der Waals surface area contributed by atoms with Gasteiger partial charge in [0.25, 0.3) is 0 Å². The third kappa shape index (κ3) is 1.88. The molecular formula is C7H6N4O2. The Hall–Kier alpha value is -2.20. The molecule has 3 N–H and O–H groups in total. The molecule has 0 aliphatic carbocycles. The maximum Gasteiger partial charge on any atom is 0.336 e. The van der Waals surface area contributed by atoms with Gasteiger partial charge in [-0.05, 0) is 23.7 Å². The molecule has 0 saturated carbocycles. The lowest BCUT2D eigenvalue weighted by molar-refractivity contribution is 0.0698. The van der Waals surface area contributed by atoms with Crippen LogP contribution in [0.2, 0.25) is 0 Å². The Balaban J connectivity index is 3.34. The number of carboxylic acid groups (broad SMARTS) is 1. The first-order valence-electron chi connectivity index (χ1n) is 3.33. The van der Waals surface area contributed by atoms with Crippen LogP contribution in [-0.2, 0) is 0 Å². The van der Waals surface area contributed by atoms with E-state index in [1.807, 2.05) is 0 Å².